The van der Waals surface area contributed by atoms with Crippen LogP contribution in [0.5, 0.6) is 0 Å². The highest BCUT2D eigenvalue weighted by molar-refractivity contribution is 4.61. The Hall–Kier alpha value is -0.0400. The van der Waals surface area contributed by atoms with Crippen molar-refractivity contribution in [3.63, 3.8) is 0 Å². The lowest BCUT2D eigenvalue weighted by molar-refractivity contribution is 0.479. The van der Waals surface area contributed by atoms with Crippen LogP contribution in [0.1, 0.15) is 67.2 Å². The van der Waals surface area contributed by atoms with Gasteiger partial charge in [0.1, 0.15) is 0 Å². The minimum absolute atomic E-state index is 0.764. The first-order chi connectivity index (χ1) is 6.35. The molecule has 13 heavy (non-hydrogen) atoms. The van der Waals surface area contributed by atoms with Gasteiger partial charge in [0.15, 0.2) is 0 Å². The van der Waals surface area contributed by atoms with E-state index in [1.54, 1.807) is 0 Å². The molecule has 0 aliphatic carbocycles. The standard InChI is InChI=1S/C8H19N.2C2H6/c1-4-6-8(9-3)7-5-2;2*1-2/h8-9H,4-7H2,1-3H3;2*1-2H3. The van der Waals surface area contributed by atoms with Crippen molar-refractivity contribution in [1.82, 2.24) is 5.32 Å². The molecule has 0 bridgehead atoms. The Labute approximate surface area is 86.3 Å². The number of nitrogens with one attached hydrogen (secondary N) is 1. The van der Waals surface area contributed by atoms with Crippen LogP contribution in [0, 0.1) is 0 Å². The molecule has 1 N–H and O–H groups in total. The summed E-state index contributed by atoms with van der Waals surface area (Å²) < 4.78 is 0. The lowest BCUT2D eigenvalue weighted by Gasteiger charge is -2.12. The van der Waals surface area contributed by atoms with E-state index in [-0.39, 0.29) is 0 Å². The molecular formula is C12H31N. The summed E-state index contributed by atoms with van der Waals surface area (Å²) in [5.74, 6) is 0. The topological polar surface area (TPSA) is 12.0 Å². The largest absolute Gasteiger partial charge is 0.317 e. The highest BCUT2D eigenvalue weighted by Gasteiger charge is 2.00. The Kier molecular flexibility index (Phi) is 32.6. The molecule has 0 saturated carbocycles. The Morgan fingerprint density at radius 2 is 1.15 bits per heavy atom. The summed E-state index contributed by atoms with van der Waals surface area (Å²) in [5.41, 5.74) is 0. The lowest BCUT2D eigenvalue weighted by Crippen LogP contribution is -2.24. The van der Waals surface area contributed by atoms with Crippen molar-refractivity contribution in [2.24, 2.45) is 0 Å². The van der Waals surface area contributed by atoms with Crippen molar-refractivity contribution < 1.29 is 0 Å². The molecule has 0 heterocycles. The number of hydrogen-bond acceptors (Lipinski definition) is 1. The van der Waals surface area contributed by atoms with Crippen LogP contribution in [-0.2, 0) is 0 Å². The van der Waals surface area contributed by atoms with Gasteiger partial charge < -0.3 is 5.32 Å². The zero-order chi connectivity index (χ0) is 11.1. The molecule has 0 amide bonds. The highest BCUT2D eigenvalue weighted by Crippen LogP contribution is 2.02. The lowest BCUT2D eigenvalue weighted by atomic mass is 10.1. The summed E-state index contributed by atoms with van der Waals surface area (Å²) in [6, 6.07) is 0.764. The van der Waals surface area contributed by atoms with E-state index in [9.17, 15) is 0 Å². The molecule has 0 fully saturated rings. The van der Waals surface area contributed by atoms with E-state index in [4.69, 9.17) is 0 Å². The van der Waals surface area contributed by atoms with Crippen molar-refractivity contribution in [3.05, 3.63) is 0 Å². The average Bonchev–Trinajstić information content (AvgIpc) is 2.23. The molecule has 0 radical (unpaired) electrons. The van der Waals surface area contributed by atoms with Crippen LogP contribution in [0.25, 0.3) is 0 Å². The molecule has 0 atom stereocenters. The summed E-state index contributed by atoms with van der Waals surface area (Å²) in [4.78, 5) is 0. The zero-order valence-electron chi connectivity index (χ0n) is 10.9. The Morgan fingerprint density at radius 3 is 1.31 bits per heavy atom. The van der Waals surface area contributed by atoms with Crippen LogP contribution < -0.4 is 5.32 Å². The van der Waals surface area contributed by atoms with E-state index in [0.29, 0.717) is 0 Å². The fourth-order valence-corrected chi connectivity index (χ4v) is 1.13. The van der Waals surface area contributed by atoms with Crippen LogP contribution in [0.3, 0.4) is 0 Å². The first-order valence-electron chi connectivity index (χ1n) is 6.02. The summed E-state index contributed by atoms with van der Waals surface area (Å²) >= 11 is 0. The minimum atomic E-state index is 0.764. The molecular weight excluding hydrogens is 158 g/mol. The fraction of sp³-hybridized carbons (Fsp3) is 1.00. The van der Waals surface area contributed by atoms with Gasteiger partial charge in [-0.05, 0) is 19.9 Å². The summed E-state index contributed by atoms with van der Waals surface area (Å²) in [6.07, 6.45) is 5.24. The predicted octanol–water partition coefficient (Wildman–Crippen LogP) is 4.23. The SMILES string of the molecule is CC.CC.CCCC(CCC)NC. The molecule has 0 spiro atoms. The monoisotopic (exact) mass is 189 g/mol. The first-order valence-corrected chi connectivity index (χ1v) is 6.02. The fourth-order valence-electron chi connectivity index (χ4n) is 1.13. The first kappa shape index (κ1) is 18.7. The molecule has 0 unspecified atom stereocenters. The van der Waals surface area contributed by atoms with Crippen LogP contribution in [0.2, 0.25) is 0 Å². The van der Waals surface area contributed by atoms with Crippen molar-refractivity contribution in [2.75, 3.05) is 7.05 Å². The van der Waals surface area contributed by atoms with E-state index in [2.05, 4.69) is 26.2 Å². The second kappa shape index (κ2) is 22.7. The van der Waals surface area contributed by atoms with Crippen LogP contribution in [0.4, 0.5) is 0 Å². The molecule has 1 nitrogen and oxygen atoms in total. The summed E-state index contributed by atoms with van der Waals surface area (Å²) in [7, 11) is 2.05. The van der Waals surface area contributed by atoms with Gasteiger partial charge in [0.25, 0.3) is 0 Å². The predicted molar refractivity (Wildman–Crippen MR) is 65.4 cm³/mol. The third-order valence-corrected chi connectivity index (χ3v) is 1.68. The van der Waals surface area contributed by atoms with Gasteiger partial charge >= 0.3 is 0 Å². The third kappa shape index (κ3) is 18.7. The van der Waals surface area contributed by atoms with Crippen LogP contribution in [0.15, 0.2) is 0 Å². The molecule has 0 aliphatic heterocycles. The Balaban J connectivity index is -0.000000218. The maximum atomic E-state index is 3.30. The van der Waals surface area contributed by atoms with E-state index < -0.39 is 0 Å². The normalized spacial score (nSPS) is 8.31. The zero-order valence-corrected chi connectivity index (χ0v) is 10.9. The van der Waals surface area contributed by atoms with Gasteiger partial charge in [0, 0.05) is 6.04 Å². The van der Waals surface area contributed by atoms with Gasteiger partial charge in [0.05, 0.1) is 0 Å². The van der Waals surface area contributed by atoms with Gasteiger partial charge in [-0.2, -0.15) is 0 Å². The summed E-state index contributed by atoms with van der Waals surface area (Å²) in [6.45, 7) is 12.5. The smallest absolute Gasteiger partial charge is 0.00638 e. The van der Waals surface area contributed by atoms with Gasteiger partial charge in [-0.3, -0.25) is 0 Å². The second-order valence-electron chi connectivity index (χ2n) is 2.56. The van der Waals surface area contributed by atoms with Crippen LogP contribution >= 0.6 is 0 Å². The molecule has 0 rings (SSSR count). The maximum Gasteiger partial charge on any atom is 0.00638 e. The molecule has 0 aromatic carbocycles. The van der Waals surface area contributed by atoms with E-state index in [0.717, 1.165) is 6.04 Å². The van der Waals surface area contributed by atoms with E-state index >= 15 is 0 Å². The Bertz CT molecular complexity index is 47.1. The highest BCUT2D eigenvalue weighted by atomic mass is 14.9. The van der Waals surface area contributed by atoms with Crippen molar-refractivity contribution in [3.8, 4) is 0 Å². The minimum Gasteiger partial charge on any atom is -0.317 e. The Morgan fingerprint density at radius 1 is 0.846 bits per heavy atom. The second-order valence-corrected chi connectivity index (χ2v) is 2.56. The molecule has 1 heteroatoms. The molecule has 0 aromatic heterocycles. The molecule has 84 valence electrons. The molecule has 0 aromatic rings. The van der Waals surface area contributed by atoms with Crippen LogP contribution in [-0.4, -0.2) is 13.1 Å². The summed E-state index contributed by atoms with van der Waals surface area (Å²) in [5, 5.41) is 3.30. The number of hydrogen-bond donors (Lipinski definition) is 1. The van der Waals surface area contributed by atoms with Gasteiger partial charge in [-0.1, -0.05) is 54.4 Å². The van der Waals surface area contributed by atoms with Gasteiger partial charge in [-0.25, -0.2) is 0 Å². The van der Waals surface area contributed by atoms with Gasteiger partial charge in [-0.15, -0.1) is 0 Å². The number of rotatable bonds is 5. The van der Waals surface area contributed by atoms with E-state index in [1.807, 2.05) is 27.7 Å². The quantitative estimate of drug-likeness (QED) is 0.682. The van der Waals surface area contributed by atoms with E-state index in [1.165, 1.54) is 25.7 Å². The third-order valence-electron chi connectivity index (χ3n) is 1.68. The maximum absolute atomic E-state index is 3.30. The average molecular weight is 189 g/mol. The van der Waals surface area contributed by atoms with Crippen molar-refractivity contribution >= 4 is 0 Å². The van der Waals surface area contributed by atoms with Crippen molar-refractivity contribution in [1.29, 1.82) is 0 Å². The van der Waals surface area contributed by atoms with Crippen molar-refractivity contribution in [2.45, 2.75) is 73.3 Å². The molecule has 0 saturated heterocycles. The van der Waals surface area contributed by atoms with Gasteiger partial charge in [0.2, 0.25) is 0 Å². The molecule has 0 aliphatic rings.